The van der Waals surface area contributed by atoms with E-state index in [1.807, 2.05) is 41.8 Å². The summed E-state index contributed by atoms with van der Waals surface area (Å²) < 4.78 is 7.35. The number of rotatable bonds is 2. The molecule has 2 aromatic rings. The van der Waals surface area contributed by atoms with Crippen molar-refractivity contribution in [3.8, 4) is 11.3 Å². The Kier molecular flexibility index (Phi) is 3.28. The molecule has 1 aromatic heterocycles. The van der Waals surface area contributed by atoms with Crippen LogP contribution in [0.4, 0.5) is 0 Å². The van der Waals surface area contributed by atoms with Crippen molar-refractivity contribution < 1.29 is 4.42 Å². The zero-order valence-electron chi connectivity index (χ0n) is 11.3. The van der Waals surface area contributed by atoms with Gasteiger partial charge in [-0.25, -0.2) is 4.79 Å². The topological polar surface area (TPSA) is 35.1 Å². The van der Waals surface area contributed by atoms with E-state index in [2.05, 4.69) is 0 Å². The lowest BCUT2D eigenvalue weighted by molar-refractivity contribution is 0.327. The molecule has 0 radical (unpaired) electrons. The first kappa shape index (κ1) is 12.3. The van der Waals surface area contributed by atoms with Gasteiger partial charge in [-0.15, -0.1) is 0 Å². The zero-order chi connectivity index (χ0) is 13.2. The summed E-state index contributed by atoms with van der Waals surface area (Å²) in [5.41, 5.74) is 1.94. The molecule has 0 unspecified atom stereocenters. The largest absolute Gasteiger partial charge is 0.419 e. The van der Waals surface area contributed by atoms with Crippen LogP contribution in [0.2, 0.25) is 0 Å². The molecule has 1 fully saturated rings. The van der Waals surface area contributed by atoms with E-state index in [1.165, 1.54) is 19.3 Å². The molecule has 1 aromatic carbocycles. The average Bonchev–Trinajstić information content (AvgIpc) is 2.76. The summed E-state index contributed by atoms with van der Waals surface area (Å²) in [6.07, 6.45) is 5.89. The molecule has 3 nitrogen and oxygen atoms in total. The van der Waals surface area contributed by atoms with Crippen LogP contribution in [-0.2, 0) is 0 Å². The molecule has 0 N–H and O–H groups in total. The van der Waals surface area contributed by atoms with Crippen molar-refractivity contribution in [3.63, 3.8) is 0 Å². The van der Waals surface area contributed by atoms with E-state index in [9.17, 15) is 4.79 Å². The molecule has 0 atom stereocenters. The van der Waals surface area contributed by atoms with E-state index in [1.54, 1.807) is 0 Å². The van der Waals surface area contributed by atoms with Crippen molar-refractivity contribution in [2.75, 3.05) is 0 Å². The highest BCUT2D eigenvalue weighted by Gasteiger charge is 2.23. The summed E-state index contributed by atoms with van der Waals surface area (Å²) in [4.78, 5) is 12.1. The number of aromatic nitrogens is 1. The second-order valence-corrected chi connectivity index (χ2v) is 5.31. The molecule has 19 heavy (non-hydrogen) atoms. The first-order valence-electron chi connectivity index (χ1n) is 7.04. The Morgan fingerprint density at radius 3 is 2.47 bits per heavy atom. The van der Waals surface area contributed by atoms with Crippen LogP contribution in [-0.4, -0.2) is 4.57 Å². The molecule has 3 heteroatoms. The molecule has 0 bridgehead atoms. The van der Waals surface area contributed by atoms with Crippen molar-refractivity contribution in [1.29, 1.82) is 0 Å². The summed E-state index contributed by atoms with van der Waals surface area (Å²) in [5.74, 6) is 0.513. The molecule has 3 rings (SSSR count). The highest BCUT2D eigenvalue weighted by Crippen LogP contribution is 2.31. The van der Waals surface area contributed by atoms with Gasteiger partial charge in [-0.05, 0) is 19.8 Å². The van der Waals surface area contributed by atoms with Crippen molar-refractivity contribution >= 4 is 0 Å². The van der Waals surface area contributed by atoms with Crippen molar-refractivity contribution in [1.82, 2.24) is 4.57 Å². The maximum Gasteiger partial charge on any atom is 0.419 e. The van der Waals surface area contributed by atoms with Crippen molar-refractivity contribution in [2.24, 2.45) is 0 Å². The Morgan fingerprint density at radius 1 is 1.11 bits per heavy atom. The van der Waals surface area contributed by atoms with Crippen LogP contribution in [0.1, 0.15) is 43.8 Å². The molecular formula is C16H19NO2. The van der Waals surface area contributed by atoms with Crippen LogP contribution in [0, 0.1) is 6.92 Å². The van der Waals surface area contributed by atoms with E-state index in [4.69, 9.17) is 4.42 Å². The highest BCUT2D eigenvalue weighted by atomic mass is 16.4. The van der Waals surface area contributed by atoms with Crippen LogP contribution in [0.5, 0.6) is 0 Å². The van der Waals surface area contributed by atoms with Gasteiger partial charge in [-0.2, -0.15) is 0 Å². The third-order valence-electron chi connectivity index (χ3n) is 4.05. The summed E-state index contributed by atoms with van der Waals surface area (Å²) in [5, 5.41) is 0. The SMILES string of the molecule is Cc1c(-c2ccccc2)oc(=O)n1C1CCCCC1. The van der Waals surface area contributed by atoms with Gasteiger partial charge in [-0.3, -0.25) is 4.57 Å². The van der Waals surface area contributed by atoms with Gasteiger partial charge in [0.1, 0.15) is 0 Å². The lowest BCUT2D eigenvalue weighted by Gasteiger charge is -2.22. The normalized spacial score (nSPS) is 16.7. The Labute approximate surface area is 112 Å². The monoisotopic (exact) mass is 257 g/mol. The van der Waals surface area contributed by atoms with Gasteiger partial charge >= 0.3 is 5.76 Å². The van der Waals surface area contributed by atoms with Crippen LogP contribution >= 0.6 is 0 Å². The quantitative estimate of drug-likeness (QED) is 0.817. The minimum atomic E-state index is -0.205. The second kappa shape index (κ2) is 5.08. The van der Waals surface area contributed by atoms with Gasteiger partial charge in [0.05, 0.1) is 5.69 Å². The van der Waals surface area contributed by atoms with Crippen molar-refractivity contribution in [3.05, 3.63) is 46.6 Å². The zero-order valence-corrected chi connectivity index (χ0v) is 11.3. The molecule has 0 spiro atoms. The fourth-order valence-electron chi connectivity index (χ4n) is 3.08. The van der Waals surface area contributed by atoms with Crippen LogP contribution < -0.4 is 5.76 Å². The summed E-state index contributed by atoms with van der Waals surface area (Å²) in [6, 6.07) is 10.2. The lowest BCUT2D eigenvalue weighted by Crippen LogP contribution is -2.23. The molecule has 1 saturated carbocycles. The maximum atomic E-state index is 12.1. The number of hydrogen-bond acceptors (Lipinski definition) is 2. The molecule has 1 aliphatic rings. The predicted molar refractivity (Wildman–Crippen MR) is 75.3 cm³/mol. The Hall–Kier alpha value is -1.77. The minimum absolute atomic E-state index is 0.205. The maximum absolute atomic E-state index is 12.1. The fourth-order valence-corrected chi connectivity index (χ4v) is 3.08. The standard InChI is InChI=1S/C16H19NO2/c1-12-15(13-8-4-2-5-9-13)19-16(18)17(12)14-10-6-3-7-11-14/h2,4-5,8-9,14H,3,6-7,10-11H2,1H3. The lowest BCUT2D eigenvalue weighted by atomic mass is 9.95. The Bertz CT molecular complexity index is 603. The first-order valence-corrected chi connectivity index (χ1v) is 7.04. The van der Waals surface area contributed by atoms with E-state index >= 15 is 0 Å². The van der Waals surface area contributed by atoms with Gasteiger partial charge in [-0.1, -0.05) is 49.6 Å². The average molecular weight is 257 g/mol. The van der Waals surface area contributed by atoms with Crippen LogP contribution in [0.25, 0.3) is 11.3 Å². The fraction of sp³-hybridized carbons (Fsp3) is 0.438. The van der Waals surface area contributed by atoms with Crippen molar-refractivity contribution in [2.45, 2.75) is 45.1 Å². The molecule has 0 aliphatic heterocycles. The van der Waals surface area contributed by atoms with E-state index in [-0.39, 0.29) is 5.76 Å². The van der Waals surface area contributed by atoms with Gasteiger partial charge < -0.3 is 4.42 Å². The van der Waals surface area contributed by atoms with E-state index in [0.717, 1.165) is 29.9 Å². The number of hydrogen-bond donors (Lipinski definition) is 0. The summed E-state index contributed by atoms with van der Waals surface area (Å²) in [6.45, 7) is 1.99. The smallest absolute Gasteiger partial charge is 0.407 e. The molecule has 0 amide bonds. The van der Waals surface area contributed by atoms with Crippen LogP contribution in [0.15, 0.2) is 39.5 Å². The third-order valence-corrected chi connectivity index (χ3v) is 4.05. The predicted octanol–water partition coefficient (Wildman–Crippen LogP) is 3.92. The molecule has 100 valence electrons. The number of benzene rings is 1. The molecule has 1 aliphatic carbocycles. The highest BCUT2D eigenvalue weighted by molar-refractivity contribution is 5.59. The van der Waals surface area contributed by atoms with Crippen LogP contribution in [0.3, 0.4) is 0 Å². The van der Waals surface area contributed by atoms with Gasteiger partial charge in [0.2, 0.25) is 0 Å². The summed E-state index contributed by atoms with van der Waals surface area (Å²) >= 11 is 0. The van der Waals surface area contributed by atoms with E-state index in [0.29, 0.717) is 6.04 Å². The first-order chi connectivity index (χ1) is 9.27. The molecular weight excluding hydrogens is 238 g/mol. The second-order valence-electron chi connectivity index (χ2n) is 5.31. The summed E-state index contributed by atoms with van der Waals surface area (Å²) in [7, 11) is 0. The number of oxazole rings is 1. The third kappa shape index (κ3) is 2.25. The molecule has 1 heterocycles. The minimum Gasteiger partial charge on any atom is -0.407 e. The van der Waals surface area contributed by atoms with Gasteiger partial charge in [0.25, 0.3) is 0 Å². The number of nitrogens with zero attached hydrogens (tertiary/aromatic N) is 1. The Balaban J connectivity index is 2.03. The van der Waals surface area contributed by atoms with Gasteiger partial charge in [0, 0.05) is 11.6 Å². The van der Waals surface area contributed by atoms with Gasteiger partial charge in [0.15, 0.2) is 5.76 Å². The Morgan fingerprint density at radius 2 is 1.79 bits per heavy atom. The van der Waals surface area contributed by atoms with E-state index < -0.39 is 0 Å². The molecule has 0 saturated heterocycles.